The molecule has 7 nitrogen and oxygen atoms in total. The average Bonchev–Trinajstić information content (AvgIpc) is 2.57. The van der Waals surface area contributed by atoms with Gasteiger partial charge in [0.05, 0.1) is 12.0 Å². The summed E-state index contributed by atoms with van der Waals surface area (Å²) in [5.41, 5.74) is 1.32. The molecule has 134 valence electrons. The Kier molecular flexibility index (Phi) is 5.80. The average molecular weight is 346 g/mol. The van der Waals surface area contributed by atoms with Crippen molar-refractivity contribution in [3.8, 4) is 5.75 Å². The molecule has 0 unspecified atom stereocenters. The van der Waals surface area contributed by atoms with Gasteiger partial charge in [-0.05, 0) is 38.0 Å². The molecule has 0 saturated carbocycles. The van der Waals surface area contributed by atoms with Crippen molar-refractivity contribution in [2.45, 2.75) is 39.7 Å². The summed E-state index contributed by atoms with van der Waals surface area (Å²) < 4.78 is 10.6. The van der Waals surface area contributed by atoms with Crippen LogP contribution in [0.1, 0.15) is 30.9 Å². The number of rotatable bonds is 7. The molecular formula is C18H20NO6-. The van der Waals surface area contributed by atoms with Crippen LogP contribution in [0.2, 0.25) is 0 Å². The van der Waals surface area contributed by atoms with Gasteiger partial charge in [-0.25, -0.2) is 4.79 Å². The minimum atomic E-state index is -1.33. The second-order valence-electron chi connectivity index (χ2n) is 5.81. The van der Waals surface area contributed by atoms with Gasteiger partial charge in [0.15, 0.2) is 6.61 Å². The summed E-state index contributed by atoms with van der Waals surface area (Å²) >= 11 is 0. The Bertz CT molecular complexity index is 855. The number of amides is 1. The third-order valence-electron chi connectivity index (χ3n) is 4.00. The summed E-state index contributed by atoms with van der Waals surface area (Å²) in [7, 11) is 0. The number of ether oxygens (including phenoxy) is 1. The first kappa shape index (κ1) is 18.5. The second kappa shape index (κ2) is 7.83. The van der Waals surface area contributed by atoms with Crippen molar-refractivity contribution in [2.75, 3.05) is 6.61 Å². The van der Waals surface area contributed by atoms with Gasteiger partial charge >= 0.3 is 5.63 Å². The zero-order valence-electron chi connectivity index (χ0n) is 14.4. The standard InChI is InChI=1S/C18H21NO6/c1-4-5-14(17(21)22)19-16(20)9-24-12-6-7-13-10(2)11(3)18(23)25-15(13)8-12/h6-8,14H,4-5,9H2,1-3H3,(H,19,20)(H,21,22)/p-1/t14-/m1/s1. The van der Waals surface area contributed by atoms with E-state index in [1.54, 1.807) is 19.1 Å². The summed E-state index contributed by atoms with van der Waals surface area (Å²) in [4.78, 5) is 34.5. The number of carboxylic acids is 1. The van der Waals surface area contributed by atoms with E-state index >= 15 is 0 Å². The van der Waals surface area contributed by atoms with Crippen LogP contribution in [0.15, 0.2) is 27.4 Å². The number of hydrogen-bond acceptors (Lipinski definition) is 6. The Hall–Kier alpha value is -2.83. The first-order valence-corrected chi connectivity index (χ1v) is 8.00. The van der Waals surface area contributed by atoms with Gasteiger partial charge in [-0.2, -0.15) is 0 Å². The summed E-state index contributed by atoms with van der Waals surface area (Å²) in [5.74, 6) is -1.55. The maximum atomic E-state index is 11.8. The summed E-state index contributed by atoms with van der Waals surface area (Å²) in [6, 6.07) is 3.89. The number of hydrogen-bond donors (Lipinski definition) is 1. The van der Waals surface area contributed by atoms with Gasteiger partial charge in [-0.3, -0.25) is 4.79 Å². The smallest absolute Gasteiger partial charge is 0.339 e. The molecule has 0 aliphatic carbocycles. The van der Waals surface area contributed by atoms with E-state index in [0.717, 1.165) is 10.9 Å². The van der Waals surface area contributed by atoms with Crippen LogP contribution in [0.25, 0.3) is 11.0 Å². The third-order valence-corrected chi connectivity index (χ3v) is 4.00. The first-order valence-electron chi connectivity index (χ1n) is 8.00. The number of carbonyl (C=O) groups excluding carboxylic acids is 2. The van der Waals surface area contributed by atoms with Crippen LogP contribution in [0.5, 0.6) is 5.75 Å². The van der Waals surface area contributed by atoms with Crippen molar-refractivity contribution >= 4 is 22.8 Å². The van der Waals surface area contributed by atoms with E-state index in [4.69, 9.17) is 9.15 Å². The Labute approximate surface area is 144 Å². The van der Waals surface area contributed by atoms with Gasteiger partial charge in [-0.1, -0.05) is 13.3 Å². The lowest BCUT2D eigenvalue weighted by Crippen LogP contribution is -2.49. The molecule has 1 aromatic carbocycles. The summed E-state index contributed by atoms with van der Waals surface area (Å²) in [6.45, 7) is 4.98. The number of carboxylic acid groups (broad SMARTS) is 1. The molecule has 0 saturated heterocycles. The molecule has 0 radical (unpaired) electrons. The lowest BCUT2D eigenvalue weighted by Gasteiger charge is -2.19. The van der Waals surface area contributed by atoms with Gasteiger partial charge in [0.25, 0.3) is 5.91 Å². The molecule has 1 heterocycles. The van der Waals surface area contributed by atoms with E-state index in [-0.39, 0.29) is 13.0 Å². The van der Waals surface area contributed by atoms with Gasteiger partial charge in [0.2, 0.25) is 0 Å². The number of benzene rings is 1. The van der Waals surface area contributed by atoms with Crippen molar-refractivity contribution in [2.24, 2.45) is 0 Å². The fraction of sp³-hybridized carbons (Fsp3) is 0.389. The first-order chi connectivity index (χ1) is 11.8. The van der Waals surface area contributed by atoms with Gasteiger partial charge in [-0.15, -0.1) is 0 Å². The van der Waals surface area contributed by atoms with Crippen LogP contribution >= 0.6 is 0 Å². The molecule has 0 bridgehead atoms. The van der Waals surface area contributed by atoms with E-state index in [2.05, 4.69) is 5.32 Å². The highest BCUT2D eigenvalue weighted by molar-refractivity contribution is 5.84. The number of nitrogens with one attached hydrogen (secondary N) is 1. The quantitative estimate of drug-likeness (QED) is 0.744. The molecule has 0 aliphatic rings. The van der Waals surface area contributed by atoms with E-state index in [1.165, 1.54) is 6.07 Å². The number of carbonyl (C=O) groups is 2. The molecule has 0 fully saturated rings. The van der Waals surface area contributed by atoms with Gasteiger partial charge in [0, 0.05) is 17.0 Å². The fourth-order valence-corrected chi connectivity index (χ4v) is 2.44. The molecule has 2 aromatic rings. The van der Waals surface area contributed by atoms with Crippen LogP contribution in [0.3, 0.4) is 0 Å². The third kappa shape index (κ3) is 4.37. The van der Waals surface area contributed by atoms with Gasteiger partial charge < -0.3 is 24.4 Å². The minimum Gasteiger partial charge on any atom is -0.548 e. The summed E-state index contributed by atoms with van der Waals surface area (Å²) in [6.07, 6.45) is 0.885. The summed E-state index contributed by atoms with van der Waals surface area (Å²) in [5, 5.41) is 14.1. The topological polar surface area (TPSA) is 109 Å². The lowest BCUT2D eigenvalue weighted by molar-refractivity contribution is -0.308. The SMILES string of the molecule is CCC[C@@H](NC(=O)COc1ccc2c(C)c(C)c(=O)oc2c1)C(=O)[O-]. The highest BCUT2D eigenvalue weighted by Crippen LogP contribution is 2.23. The van der Waals surface area contributed by atoms with Crippen LogP contribution in [-0.2, 0) is 9.59 Å². The molecule has 1 amide bonds. The Balaban J connectivity index is 2.08. The van der Waals surface area contributed by atoms with Crippen LogP contribution in [0, 0.1) is 13.8 Å². The lowest BCUT2D eigenvalue weighted by atomic mass is 10.1. The number of aryl methyl sites for hydroxylation is 1. The van der Waals surface area contributed by atoms with E-state index in [1.807, 2.05) is 13.8 Å². The van der Waals surface area contributed by atoms with E-state index in [0.29, 0.717) is 23.3 Å². The maximum absolute atomic E-state index is 11.8. The molecule has 7 heteroatoms. The van der Waals surface area contributed by atoms with Crippen LogP contribution in [0.4, 0.5) is 0 Å². The zero-order valence-corrected chi connectivity index (χ0v) is 14.4. The van der Waals surface area contributed by atoms with Crippen LogP contribution in [-0.4, -0.2) is 24.5 Å². The Morgan fingerprint density at radius 1 is 1.28 bits per heavy atom. The molecule has 0 spiro atoms. The largest absolute Gasteiger partial charge is 0.548 e. The van der Waals surface area contributed by atoms with Gasteiger partial charge in [0.1, 0.15) is 11.3 Å². The molecule has 1 N–H and O–H groups in total. The Morgan fingerprint density at radius 3 is 2.64 bits per heavy atom. The molecule has 25 heavy (non-hydrogen) atoms. The van der Waals surface area contributed by atoms with Crippen molar-refractivity contribution in [3.05, 3.63) is 39.7 Å². The number of fused-ring (bicyclic) bond motifs is 1. The second-order valence-corrected chi connectivity index (χ2v) is 5.81. The highest BCUT2D eigenvalue weighted by Gasteiger charge is 2.13. The van der Waals surface area contributed by atoms with Crippen molar-refractivity contribution in [1.29, 1.82) is 0 Å². The molecular weight excluding hydrogens is 326 g/mol. The molecule has 2 rings (SSSR count). The zero-order chi connectivity index (χ0) is 18.6. The van der Waals surface area contributed by atoms with E-state index in [9.17, 15) is 19.5 Å². The monoisotopic (exact) mass is 346 g/mol. The maximum Gasteiger partial charge on any atom is 0.339 e. The highest BCUT2D eigenvalue weighted by atomic mass is 16.5. The predicted octanol–water partition coefficient (Wildman–Crippen LogP) is 0.823. The number of aliphatic carboxylic acids is 1. The molecule has 1 aromatic heterocycles. The van der Waals surface area contributed by atoms with Crippen molar-refractivity contribution in [1.82, 2.24) is 5.32 Å². The van der Waals surface area contributed by atoms with E-state index < -0.39 is 23.5 Å². The predicted molar refractivity (Wildman–Crippen MR) is 89.3 cm³/mol. The normalized spacial score (nSPS) is 12.0. The molecule has 1 atom stereocenters. The fourth-order valence-electron chi connectivity index (χ4n) is 2.44. The van der Waals surface area contributed by atoms with Crippen molar-refractivity contribution in [3.63, 3.8) is 0 Å². The Morgan fingerprint density at radius 2 is 2.00 bits per heavy atom. The minimum absolute atomic E-state index is 0.286. The van der Waals surface area contributed by atoms with Crippen LogP contribution < -0.4 is 20.8 Å². The molecule has 0 aliphatic heterocycles. The van der Waals surface area contributed by atoms with Crippen molar-refractivity contribution < 1.29 is 23.8 Å².